The number of rotatable bonds is 14. The molecule has 0 saturated heterocycles. The van der Waals surface area contributed by atoms with Crippen molar-refractivity contribution < 1.29 is 27.5 Å². The van der Waals surface area contributed by atoms with Crippen molar-refractivity contribution in [2.24, 2.45) is 0 Å². The Hall–Kier alpha value is -2.69. The SMILES string of the molecule is CCCCNC(=O)[C@@H](CC)N(Cc1ccc(Cl)cc1Cl)C(=O)CN(c1ccc(OC)cc1OC)S(C)(=O)=O. The smallest absolute Gasteiger partial charge is 0.244 e. The molecule has 2 aromatic carbocycles. The lowest BCUT2D eigenvalue weighted by Gasteiger charge is -2.33. The first-order chi connectivity index (χ1) is 18.0. The number of benzene rings is 2. The molecule has 2 amide bonds. The number of amides is 2. The zero-order valence-electron chi connectivity index (χ0n) is 22.3. The molecule has 0 radical (unpaired) electrons. The Bertz CT molecular complexity index is 1230. The van der Waals surface area contributed by atoms with Gasteiger partial charge in [0.1, 0.15) is 24.1 Å². The number of ether oxygens (including phenoxy) is 2. The number of hydrogen-bond acceptors (Lipinski definition) is 6. The summed E-state index contributed by atoms with van der Waals surface area (Å²) in [6, 6.07) is 8.60. The standard InChI is InChI=1S/C26H35Cl2N3O6S/c1-6-8-13-29-26(33)22(7-2)30(16-18-9-10-19(27)14-21(18)28)25(32)17-31(38(5,34)35)23-12-11-20(36-3)15-24(23)37-4/h9-12,14-15,22H,6-8,13,16-17H2,1-5H3,(H,29,33)/t22-/m1/s1. The number of methoxy groups -OCH3 is 2. The highest BCUT2D eigenvalue weighted by Gasteiger charge is 2.33. The molecular formula is C26H35Cl2N3O6S. The first-order valence-corrected chi connectivity index (χ1v) is 14.8. The number of nitrogens with one attached hydrogen (secondary N) is 1. The maximum atomic E-state index is 13.8. The van der Waals surface area contributed by atoms with Crippen LogP contribution in [-0.2, 0) is 26.2 Å². The predicted octanol–water partition coefficient (Wildman–Crippen LogP) is 4.50. The molecule has 1 atom stereocenters. The Morgan fingerprint density at radius 3 is 2.32 bits per heavy atom. The molecule has 0 aliphatic heterocycles. The zero-order chi connectivity index (χ0) is 28.5. The fourth-order valence-corrected chi connectivity index (χ4v) is 5.17. The van der Waals surface area contributed by atoms with Gasteiger partial charge in [-0.25, -0.2) is 8.42 Å². The first kappa shape index (κ1) is 31.5. The number of carbonyl (C=O) groups is 2. The molecule has 0 aliphatic rings. The van der Waals surface area contributed by atoms with Crippen molar-refractivity contribution in [2.45, 2.75) is 45.7 Å². The van der Waals surface area contributed by atoms with Crippen LogP contribution in [-0.4, -0.2) is 64.7 Å². The molecule has 0 aliphatic carbocycles. The molecule has 1 N–H and O–H groups in total. The quantitative estimate of drug-likeness (QED) is 0.326. The summed E-state index contributed by atoms with van der Waals surface area (Å²) < 4.78 is 37.3. The van der Waals surface area contributed by atoms with Gasteiger partial charge in [0, 0.05) is 29.2 Å². The van der Waals surface area contributed by atoms with E-state index >= 15 is 0 Å². The summed E-state index contributed by atoms with van der Waals surface area (Å²) in [6.07, 6.45) is 2.99. The lowest BCUT2D eigenvalue weighted by atomic mass is 10.1. The van der Waals surface area contributed by atoms with Gasteiger partial charge in [0.2, 0.25) is 21.8 Å². The second kappa shape index (κ2) is 14.5. The molecular weight excluding hydrogens is 553 g/mol. The Morgan fingerprint density at radius 1 is 1.05 bits per heavy atom. The Kier molecular flexibility index (Phi) is 12.0. The van der Waals surface area contributed by atoms with E-state index in [0.717, 1.165) is 23.4 Å². The van der Waals surface area contributed by atoms with Crippen molar-refractivity contribution in [3.8, 4) is 11.5 Å². The molecule has 38 heavy (non-hydrogen) atoms. The number of sulfonamides is 1. The second-order valence-corrected chi connectivity index (χ2v) is 11.4. The third-order valence-electron chi connectivity index (χ3n) is 5.91. The summed E-state index contributed by atoms with van der Waals surface area (Å²) in [4.78, 5) is 28.3. The minimum absolute atomic E-state index is 0.0219. The number of unbranched alkanes of at least 4 members (excludes halogenated alkanes) is 1. The van der Waals surface area contributed by atoms with Gasteiger partial charge in [-0.2, -0.15) is 0 Å². The molecule has 9 nitrogen and oxygen atoms in total. The van der Waals surface area contributed by atoms with Gasteiger partial charge in [-0.3, -0.25) is 13.9 Å². The van der Waals surface area contributed by atoms with Crippen LogP contribution in [0, 0.1) is 0 Å². The minimum Gasteiger partial charge on any atom is -0.497 e. The summed E-state index contributed by atoms with van der Waals surface area (Å²) in [5.41, 5.74) is 0.728. The van der Waals surface area contributed by atoms with E-state index < -0.39 is 28.5 Å². The lowest BCUT2D eigenvalue weighted by Crippen LogP contribution is -2.52. The average molecular weight is 589 g/mol. The number of anilines is 1. The van der Waals surface area contributed by atoms with Crippen molar-refractivity contribution in [3.63, 3.8) is 0 Å². The highest BCUT2D eigenvalue weighted by Crippen LogP contribution is 2.34. The zero-order valence-corrected chi connectivity index (χ0v) is 24.6. The van der Waals surface area contributed by atoms with Gasteiger partial charge in [0.05, 0.1) is 26.2 Å². The fourth-order valence-electron chi connectivity index (χ4n) is 3.84. The first-order valence-electron chi connectivity index (χ1n) is 12.2. The molecule has 0 unspecified atom stereocenters. The third-order valence-corrected chi connectivity index (χ3v) is 7.62. The maximum absolute atomic E-state index is 13.8. The van der Waals surface area contributed by atoms with Crippen LogP contribution >= 0.6 is 23.2 Å². The van der Waals surface area contributed by atoms with Crippen LogP contribution in [0.1, 0.15) is 38.7 Å². The van der Waals surface area contributed by atoms with E-state index in [-0.39, 0.29) is 23.9 Å². The third kappa shape index (κ3) is 8.41. The number of nitrogens with zero attached hydrogens (tertiary/aromatic N) is 2. The summed E-state index contributed by atoms with van der Waals surface area (Å²) in [5.74, 6) is -0.248. The number of hydrogen-bond donors (Lipinski definition) is 1. The lowest BCUT2D eigenvalue weighted by molar-refractivity contribution is -0.140. The summed E-state index contributed by atoms with van der Waals surface area (Å²) in [7, 11) is -1.07. The van der Waals surface area contributed by atoms with E-state index in [1.165, 1.54) is 31.3 Å². The second-order valence-electron chi connectivity index (χ2n) is 8.63. The summed E-state index contributed by atoms with van der Waals surface area (Å²) in [6.45, 7) is 3.68. The van der Waals surface area contributed by atoms with Crippen molar-refractivity contribution in [3.05, 3.63) is 52.0 Å². The van der Waals surface area contributed by atoms with Crippen LogP contribution < -0.4 is 19.1 Å². The highest BCUT2D eigenvalue weighted by atomic mass is 35.5. The largest absolute Gasteiger partial charge is 0.497 e. The molecule has 2 rings (SSSR count). The van der Waals surface area contributed by atoms with Crippen LogP contribution in [0.2, 0.25) is 10.0 Å². The Balaban J connectivity index is 2.51. The van der Waals surface area contributed by atoms with Crippen LogP contribution in [0.5, 0.6) is 11.5 Å². The Morgan fingerprint density at radius 2 is 1.76 bits per heavy atom. The average Bonchev–Trinajstić information content (AvgIpc) is 2.87. The topological polar surface area (TPSA) is 105 Å². The van der Waals surface area contributed by atoms with Gasteiger partial charge in [-0.1, -0.05) is 49.5 Å². The van der Waals surface area contributed by atoms with E-state index in [0.29, 0.717) is 34.3 Å². The molecule has 0 bridgehead atoms. The molecule has 0 aromatic heterocycles. The van der Waals surface area contributed by atoms with Crippen LogP contribution in [0.4, 0.5) is 5.69 Å². The molecule has 0 spiro atoms. The molecule has 2 aromatic rings. The van der Waals surface area contributed by atoms with Crippen LogP contribution in [0.3, 0.4) is 0 Å². The maximum Gasteiger partial charge on any atom is 0.244 e. The van der Waals surface area contributed by atoms with E-state index in [1.807, 2.05) is 6.92 Å². The van der Waals surface area contributed by atoms with Crippen molar-refractivity contribution in [1.29, 1.82) is 0 Å². The van der Waals surface area contributed by atoms with E-state index in [4.69, 9.17) is 32.7 Å². The van der Waals surface area contributed by atoms with Gasteiger partial charge in [0.15, 0.2) is 0 Å². The van der Waals surface area contributed by atoms with E-state index in [9.17, 15) is 18.0 Å². The van der Waals surface area contributed by atoms with Gasteiger partial charge in [0.25, 0.3) is 0 Å². The predicted molar refractivity (Wildman–Crippen MR) is 151 cm³/mol. The van der Waals surface area contributed by atoms with E-state index in [1.54, 1.807) is 31.2 Å². The molecule has 0 saturated carbocycles. The van der Waals surface area contributed by atoms with Crippen molar-refractivity contribution in [1.82, 2.24) is 10.2 Å². The molecule has 12 heteroatoms. The normalized spacial score (nSPS) is 12.0. The molecule has 0 fully saturated rings. The van der Waals surface area contributed by atoms with Gasteiger partial charge >= 0.3 is 0 Å². The number of carbonyl (C=O) groups excluding carboxylic acids is 2. The van der Waals surface area contributed by atoms with Crippen LogP contribution in [0.15, 0.2) is 36.4 Å². The van der Waals surface area contributed by atoms with Gasteiger partial charge in [-0.05, 0) is 42.7 Å². The Labute approximate surface area is 235 Å². The monoisotopic (exact) mass is 587 g/mol. The fraction of sp³-hybridized carbons (Fsp3) is 0.462. The summed E-state index contributed by atoms with van der Waals surface area (Å²) >= 11 is 12.4. The van der Waals surface area contributed by atoms with Crippen molar-refractivity contribution in [2.75, 3.05) is 37.9 Å². The van der Waals surface area contributed by atoms with Crippen LogP contribution in [0.25, 0.3) is 0 Å². The highest BCUT2D eigenvalue weighted by molar-refractivity contribution is 7.92. The van der Waals surface area contributed by atoms with Crippen molar-refractivity contribution >= 4 is 50.7 Å². The van der Waals surface area contributed by atoms with Gasteiger partial charge in [-0.15, -0.1) is 0 Å². The number of halogens is 2. The van der Waals surface area contributed by atoms with Gasteiger partial charge < -0.3 is 19.7 Å². The summed E-state index contributed by atoms with van der Waals surface area (Å²) in [5, 5.41) is 3.63. The molecule has 210 valence electrons. The molecule has 0 heterocycles. The van der Waals surface area contributed by atoms with E-state index in [2.05, 4.69) is 5.32 Å². The minimum atomic E-state index is -3.93.